The number of hydrogen-bond donors (Lipinski definition) is 1. The van der Waals surface area contributed by atoms with Crippen molar-refractivity contribution in [2.24, 2.45) is 4.99 Å². The number of anilines is 1. The molecule has 0 aromatic heterocycles. The Kier molecular flexibility index (Phi) is 7.50. The summed E-state index contributed by atoms with van der Waals surface area (Å²) in [7, 11) is 1.87. The second-order valence-corrected chi connectivity index (χ2v) is 8.03. The molecule has 6 heteroatoms. The summed E-state index contributed by atoms with van der Waals surface area (Å²) in [6, 6.07) is 8.98. The predicted octanol–water partition coefficient (Wildman–Crippen LogP) is 2.82. The van der Waals surface area contributed by atoms with E-state index >= 15 is 0 Å². The number of thioether (sulfide) groups is 1. The van der Waals surface area contributed by atoms with Gasteiger partial charge in [0.1, 0.15) is 0 Å². The van der Waals surface area contributed by atoms with E-state index in [2.05, 4.69) is 51.3 Å². The number of hydrogen-bond acceptors (Lipinski definition) is 4. The predicted molar refractivity (Wildman–Crippen MR) is 112 cm³/mol. The van der Waals surface area contributed by atoms with Gasteiger partial charge in [0, 0.05) is 63.6 Å². The van der Waals surface area contributed by atoms with Crippen LogP contribution in [0.1, 0.15) is 25.3 Å². The fourth-order valence-electron chi connectivity index (χ4n) is 3.63. The summed E-state index contributed by atoms with van der Waals surface area (Å²) in [5.74, 6) is 3.47. The number of guanidine groups is 1. The number of likely N-dealkylation sites (tertiary alicyclic amines) is 1. The van der Waals surface area contributed by atoms with E-state index in [1.54, 1.807) is 0 Å². The Balaban J connectivity index is 1.48. The van der Waals surface area contributed by atoms with Gasteiger partial charge in [0.05, 0.1) is 6.10 Å². The first kappa shape index (κ1) is 19.4. The molecule has 0 radical (unpaired) electrons. The molecule has 0 spiro atoms. The van der Waals surface area contributed by atoms with Gasteiger partial charge in [-0.05, 0) is 37.5 Å². The summed E-state index contributed by atoms with van der Waals surface area (Å²) in [5.41, 5.74) is 2.64. The van der Waals surface area contributed by atoms with Crippen LogP contribution in [0.3, 0.4) is 0 Å². The number of piperidine rings is 1. The third-order valence-corrected chi connectivity index (χ3v) is 6.06. The highest BCUT2D eigenvalue weighted by Crippen LogP contribution is 2.20. The molecule has 0 aliphatic carbocycles. The molecule has 2 aliphatic heterocycles. The Morgan fingerprint density at radius 3 is 2.46 bits per heavy atom. The van der Waals surface area contributed by atoms with Crippen molar-refractivity contribution in [1.29, 1.82) is 0 Å². The maximum Gasteiger partial charge on any atom is 0.193 e. The molecule has 0 unspecified atom stereocenters. The smallest absolute Gasteiger partial charge is 0.193 e. The minimum atomic E-state index is 0.412. The number of nitrogens with one attached hydrogen (secondary N) is 1. The minimum absolute atomic E-state index is 0.412. The normalized spacial score (nSPS) is 19.7. The Morgan fingerprint density at radius 1 is 1.15 bits per heavy atom. The summed E-state index contributed by atoms with van der Waals surface area (Å²) < 4.78 is 5.74. The van der Waals surface area contributed by atoms with E-state index in [1.807, 2.05) is 18.8 Å². The van der Waals surface area contributed by atoms with Crippen LogP contribution in [0.5, 0.6) is 0 Å². The molecule has 1 N–H and O–H groups in total. The SMILES string of the molecule is CCOC1CCN(C(=NC)NCc2ccc(N3CCSCC3)cc2)CC1. The van der Waals surface area contributed by atoms with Gasteiger partial charge < -0.3 is 19.9 Å². The van der Waals surface area contributed by atoms with Crippen LogP contribution in [0.25, 0.3) is 0 Å². The van der Waals surface area contributed by atoms with Gasteiger partial charge in [0.25, 0.3) is 0 Å². The van der Waals surface area contributed by atoms with Gasteiger partial charge in [0.15, 0.2) is 5.96 Å². The lowest BCUT2D eigenvalue weighted by Gasteiger charge is -2.34. The van der Waals surface area contributed by atoms with E-state index < -0.39 is 0 Å². The lowest BCUT2D eigenvalue weighted by atomic mass is 10.1. The van der Waals surface area contributed by atoms with E-state index in [9.17, 15) is 0 Å². The average molecular weight is 377 g/mol. The van der Waals surface area contributed by atoms with E-state index in [0.29, 0.717) is 6.10 Å². The maximum absolute atomic E-state index is 5.74. The van der Waals surface area contributed by atoms with Crippen molar-refractivity contribution in [3.05, 3.63) is 29.8 Å². The van der Waals surface area contributed by atoms with Crippen LogP contribution in [0, 0.1) is 0 Å². The first-order valence-electron chi connectivity index (χ1n) is 9.79. The van der Waals surface area contributed by atoms with Crippen LogP contribution in [-0.4, -0.2) is 68.3 Å². The lowest BCUT2D eigenvalue weighted by Crippen LogP contribution is -2.46. The molecule has 1 aromatic carbocycles. The molecule has 5 nitrogen and oxygen atoms in total. The molecule has 0 amide bonds. The second-order valence-electron chi connectivity index (χ2n) is 6.81. The molecule has 0 saturated carbocycles. The van der Waals surface area contributed by atoms with Crippen LogP contribution in [0.4, 0.5) is 5.69 Å². The second kappa shape index (κ2) is 10.1. The number of nitrogens with zero attached hydrogens (tertiary/aromatic N) is 3. The molecule has 2 aliphatic rings. The largest absolute Gasteiger partial charge is 0.378 e. The fraction of sp³-hybridized carbons (Fsp3) is 0.650. The zero-order valence-corrected chi connectivity index (χ0v) is 16.9. The third kappa shape index (κ3) is 5.30. The summed E-state index contributed by atoms with van der Waals surface area (Å²) in [6.45, 7) is 8.03. The molecule has 26 heavy (non-hydrogen) atoms. The number of rotatable bonds is 5. The quantitative estimate of drug-likeness (QED) is 0.632. The van der Waals surface area contributed by atoms with Crippen molar-refractivity contribution in [1.82, 2.24) is 10.2 Å². The zero-order valence-electron chi connectivity index (χ0n) is 16.1. The van der Waals surface area contributed by atoms with E-state index in [-0.39, 0.29) is 0 Å². The maximum atomic E-state index is 5.74. The standard InChI is InChI=1S/C20H32N4OS/c1-3-25-19-8-10-24(11-9-19)20(21-2)22-16-17-4-6-18(7-5-17)23-12-14-26-15-13-23/h4-7,19H,3,8-16H2,1-2H3,(H,21,22). The number of ether oxygens (including phenoxy) is 1. The van der Waals surface area contributed by atoms with E-state index in [1.165, 1.54) is 22.8 Å². The summed E-state index contributed by atoms with van der Waals surface area (Å²) >= 11 is 2.05. The molecule has 0 atom stereocenters. The Hall–Kier alpha value is -1.40. The van der Waals surface area contributed by atoms with Gasteiger partial charge in [-0.2, -0.15) is 11.8 Å². The highest BCUT2D eigenvalue weighted by atomic mass is 32.2. The Morgan fingerprint density at radius 2 is 1.85 bits per heavy atom. The van der Waals surface area contributed by atoms with Gasteiger partial charge in [-0.3, -0.25) is 4.99 Å². The molecule has 3 rings (SSSR count). The van der Waals surface area contributed by atoms with Crippen LogP contribution in [0.2, 0.25) is 0 Å². The summed E-state index contributed by atoms with van der Waals surface area (Å²) in [5, 5.41) is 3.52. The molecular weight excluding hydrogens is 344 g/mol. The van der Waals surface area contributed by atoms with Gasteiger partial charge in [0.2, 0.25) is 0 Å². The van der Waals surface area contributed by atoms with Crippen molar-refractivity contribution >= 4 is 23.4 Å². The zero-order chi connectivity index (χ0) is 18.2. The molecule has 144 valence electrons. The van der Waals surface area contributed by atoms with Crippen molar-refractivity contribution in [2.45, 2.75) is 32.4 Å². The van der Waals surface area contributed by atoms with Gasteiger partial charge >= 0.3 is 0 Å². The molecule has 1 aromatic rings. The molecule has 2 saturated heterocycles. The van der Waals surface area contributed by atoms with Gasteiger partial charge in [-0.15, -0.1) is 0 Å². The van der Waals surface area contributed by atoms with Crippen molar-refractivity contribution in [2.75, 3.05) is 56.2 Å². The fourth-order valence-corrected chi connectivity index (χ4v) is 4.53. The molecular formula is C20H32N4OS. The number of benzene rings is 1. The van der Waals surface area contributed by atoms with Gasteiger partial charge in [-0.25, -0.2) is 0 Å². The Bertz CT molecular complexity index is 564. The summed E-state index contributed by atoms with van der Waals surface area (Å²) in [6.07, 6.45) is 2.57. The molecule has 2 heterocycles. The first-order valence-corrected chi connectivity index (χ1v) is 10.9. The third-order valence-electron chi connectivity index (χ3n) is 5.12. The highest BCUT2D eigenvalue weighted by Gasteiger charge is 2.21. The topological polar surface area (TPSA) is 40.1 Å². The lowest BCUT2D eigenvalue weighted by molar-refractivity contribution is 0.0263. The average Bonchev–Trinajstić information content (AvgIpc) is 2.71. The monoisotopic (exact) mass is 376 g/mol. The van der Waals surface area contributed by atoms with Gasteiger partial charge in [-0.1, -0.05) is 12.1 Å². The van der Waals surface area contributed by atoms with Crippen LogP contribution < -0.4 is 10.2 Å². The van der Waals surface area contributed by atoms with E-state index in [4.69, 9.17) is 4.74 Å². The van der Waals surface area contributed by atoms with Crippen molar-refractivity contribution in [3.63, 3.8) is 0 Å². The van der Waals surface area contributed by atoms with Crippen LogP contribution in [-0.2, 0) is 11.3 Å². The van der Waals surface area contributed by atoms with Crippen LogP contribution in [0.15, 0.2) is 29.3 Å². The van der Waals surface area contributed by atoms with Crippen molar-refractivity contribution < 1.29 is 4.74 Å². The minimum Gasteiger partial charge on any atom is -0.378 e. The summed E-state index contributed by atoms with van der Waals surface area (Å²) in [4.78, 5) is 9.29. The van der Waals surface area contributed by atoms with Crippen LogP contribution >= 0.6 is 11.8 Å². The molecule has 0 bridgehead atoms. The molecule has 2 fully saturated rings. The van der Waals surface area contributed by atoms with E-state index in [0.717, 1.165) is 58.1 Å². The first-order chi connectivity index (χ1) is 12.8. The Labute approximate surface area is 162 Å². The highest BCUT2D eigenvalue weighted by molar-refractivity contribution is 7.99. The van der Waals surface area contributed by atoms with Crippen molar-refractivity contribution in [3.8, 4) is 0 Å². The number of aliphatic imine (C=N–C) groups is 1.